The van der Waals surface area contributed by atoms with Crippen molar-refractivity contribution in [1.82, 2.24) is 9.03 Å². The summed E-state index contributed by atoms with van der Waals surface area (Å²) >= 11 is 1.90. The number of thioether (sulfide) groups is 1. The molecule has 0 aromatic carbocycles. The lowest BCUT2D eigenvalue weighted by atomic mass is 9.96. The first-order valence-corrected chi connectivity index (χ1v) is 10.3. The van der Waals surface area contributed by atoms with Crippen LogP contribution in [0.3, 0.4) is 0 Å². The topological polar surface area (TPSA) is 75.4 Å². The fourth-order valence-electron chi connectivity index (χ4n) is 3.14. The number of nitrogens with zero attached hydrogens (tertiary/aromatic N) is 1. The van der Waals surface area contributed by atoms with E-state index < -0.39 is 10.2 Å². The molecule has 1 heterocycles. The summed E-state index contributed by atoms with van der Waals surface area (Å²) < 4.78 is 29.4. The second kappa shape index (κ2) is 7.45. The Balaban J connectivity index is 1.87. The number of hydrogen-bond donors (Lipinski definition) is 2. The second-order valence-electron chi connectivity index (χ2n) is 5.93. The zero-order valence-corrected chi connectivity index (χ0v) is 13.9. The fourth-order valence-corrected chi connectivity index (χ4v) is 5.47. The molecule has 118 valence electrons. The van der Waals surface area contributed by atoms with Crippen molar-refractivity contribution in [2.75, 3.05) is 25.9 Å². The Morgan fingerprint density at radius 2 is 1.95 bits per heavy atom. The maximum absolute atomic E-state index is 12.4. The predicted octanol–water partition coefficient (Wildman–Crippen LogP) is 1.17. The molecule has 1 aliphatic carbocycles. The molecule has 1 unspecified atom stereocenters. The van der Waals surface area contributed by atoms with Gasteiger partial charge in [0.05, 0.1) is 0 Å². The van der Waals surface area contributed by atoms with Gasteiger partial charge in [-0.25, -0.2) is 0 Å². The summed E-state index contributed by atoms with van der Waals surface area (Å²) in [5, 5.41) is 0.701. The van der Waals surface area contributed by atoms with E-state index >= 15 is 0 Å². The van der Waals surface area contributed by atoms with Crippen LogP contribution in [0.5, 0.6) is 0 Å². The van der Waals surface area contributed by atoms with Gasteiger partial charge >= 0.3 is 0 Å². The highest BCUT2D eigenvalue weighted by atomic mass is 32.2. The lowest BCUT2D eigenvalue weighted by Crippen LogP contribution is -2.50. The summed E-state index contributed by atoms with van der Waals surface area (Å²) in [6.45, 7) is 1.78. The Morgan fingerprint density at radius 3 is 2.55 bits per heavy atom. The molecule has 1 saturated heterocycles. The van der Waals surface area contributed by atoms with Crippen molar-refractivity contribution in [3.8, 4) is 0 Å². The monoisotopic (exact) mass is 321 g/mol. The highest BCUT2D eigenvalue weighted by Crippen LogP contribution is 2.27. The van der Waals surface area contributed by atoms with E-state index in [1.54, 1.807) is 4.31 Å². The number of hydrogen-bond acceptors (Lipinski definition) is 4. The average molecular weight is 322 g/mol. The van der Waals surface area contributed by atoms with Crippen LogP contribution in [0.1, 0.15) is 38.5 Å². The Bertz CT molecular complexity index is 394. The van der Waals surface area contributed by atoms with Crippen molar-refractivity contribution < 1.29 is 8.42 Å². The number of nitrogens with one attached hydrogen (secondary N) is 1. The normalized spacial score (nSPS) is 33.2. The van der Waals surface area contributed by atoms with Crippen LogP contribution in [0.15, 0.2) is 0 Å². The molecule has 1 atom stereocenters. The molecule has 1 aliphatic heterocycles. The highest BCUT2D eigenvalue weighted by molar-refractivity contribution is 7.99. The van der Waals surface area contributed by atoms with Gasteiger partial charge in [0.15, 0.2) is 0 Å². The maximum atomic E-state index is 12.4. The molecule has 0 amide bonds. The van der Waals surface area contributed by atoms with E-state index in [1.165, 1.54) is 0 Å². The fraction of sp³-hybridized carbons (Fsp3) is 1.00. The molecular formula is C13H27N3O2S2. The lowest BCUT2D eigenvalue weighted by Gasteiger charge is -2.34. The van der Waals surface area contributed by atoms with Gasteiger partial charge in [-0.3, -0.25) is 0 Å². The van der Waals surface area contributed by atoms with Gasteiger partial charge < -0.3 is 5.73 Å². The van der Waals surface area contributed by atoms with Crippen molar-refractivity contribution in [2.45, 2.75) is 49.8 Å². The molecule has 0 aromatic heterocycles. The Hall–Kier alpha value is 0.180. The third kappa shape index (κ3) is 4.34. The van der Waals surface area contributed by atoms with Gasteiger partial charge in [0.25, 0.3) is 10.2 Å². The van der Waals surface area contributed by atoms with E-state index in [-0.39, 0.29) is 6.04 Å². The minimum absolute atomic E-state index is 0.113. The van der Waals surface area contributed by atoms with Gasteiger partial charge in [-0.15, -0.1) is 0 Å². The van der Waals surface area contributed by atoms with Crippen LogP contribution in [-0.4, -0.2) is 49.9 Å². The summed E-state index contributed by atoms with van der Waals surface area (Å²) in [5.41, 5.74) is 5.68. The molecule has 5 nitrogen and oxygen atoms in total. The molecule has 0 spiro atoms. The molecule has 0 aromatic rings. The molecule has 2 aliphatic rings. The molecule has 1 saturated carbocycles. The molecule has 0 bridgehead atoms. The molecule has 20 heavy (non-hydrogen) atoms. The number of rotatable bonds is 5. The van der Waals surface area contributed by atoms with Gasteiger partial charge in [-0.2, -0.15) is 29.2 Å². The van der Waals surface area contributed by atoms with Crippen LogP contribution in [-0.2, 0) is 10.2 Å². The van der Waals surface area contributed by atoms with Crippen LogP contribution < -0.4 is 10.5 Å². The molecule has 2 fully saturated rings. The van der Waals surface area contributed by atoms with Gasteiger partial charge in [-0.1, -0.05) is 0 Å². The first-order chi connectivity index (χ1) is 9.55. The van der Waals surface area contributed by atoms with Crippen molar-refractivity contribution >= 4 is 22.0 Å². The number of nitrogens with two attached hydrogens (primary N) is 1. The third-order valence-corrected chi connectivity index (χ3v) is 7.26. The first kappa shape index (κ1) is 16.5. The van der Waals surface area contributed by atoms with E-state index in [0.29, 0.717) is 30.8 Å². The summed E-state index contributed by atoms with van der Waals surface area (Å²) in [6, 6.07) is 0.113. The minimum atomic E-state index is -3.33. The highest BCUT2D eigenvalue weighted by Gasteiger charge is 2.31. The van der Waals surface area contributed by atoms with Crippen LogP contribution in [0, 0.1) is 5.92 Å². The molecule has 2 rings (SSSR count). The first-order valence-electron chi connectivity index (χ1n) is 7.55. The number of piperidine rings is 1. The molecular weight excluding hydrogens is 294 g/mol. The Labute approximate surface area is 127 Å². The molecule has 7 heteroatoms. The second-order valence-corrected chi connectivity index (χ2v) is 8.77. The minimum Gasteiger partial charge on any atom is -0.330 e. The van der Waals surface area contributed by atoms with E-state index in [4.69, 9.17) is 5.73 Å². The Morgan fingerprint density at radius 1 is 1.25 bits per heavy atom. The average Bonchev–Trinajstić information content (AvgIpc) is 2.48. The SMILES string of the molecule is CSC1CCC(NS(=O)(=O)N2CCCC(CN)C2)CC1. The van der Waals surface area contributed by atoms with E-state index in [0.717, 1.165) is 38.5 Å². The summed E-state index contributed by atoms with van der Waals surface area (Å²) in [7, 11) is -3.33. The smallest absolute Gasteiger partial charge is 0.279 e. The van der Waals surface area contributed by atoms with Crippen molar-refractivity contribution in [3.63, 3.8) is 0 Å². The quantitative estimate of drug-likeness (QED) is 0.797. The van der Waals surface area contributed by atoms with Crippen molar-refractivity contribution in [1.29, 1.82) is 0 Å². The zero-order valence-electron chi connectivity index (χ0n) is 12.3. The van der Waals surface area contributed by atoms with Crippen LogP contribution in [0.25, 0.3) is 0 Å². The lowest BCUT2D eigenvalue weighted by molar-refractivity contribution is 0.265. The van der Waals surface area contributed by atoms with Gasteiger partial charge in [0, 0.05) is 24.4 Å². The third-order valence-electron chi connectivity index (χ3n) is 4.48. The van der Waals surface area contributed by atoms with Gasteiger partial charge in [0.2, 0.25) is 0 Å². The standard InChI is InChI=1S/C13H27N3O2S2/c1-19-13-6-4-12(5-7-13)15-20(17,18)16-8-2-3-11(9-14)10-16/h11-13,15H,2-10,14H2,1H3. The van der Waals surface area contributed by atoms with Crippen LogP contribution in [0.2, 0.25) is 0 Å². The van der Waals surface area contributed by atoms with Gasteiger partial charge in [0.1, 0.15) is 0 Å². The van der Waals surface area contributed by atoms with Crippen molar-refractivity contribution in [3.05, 3.63) is 0 Å². The summed E-state index contributed by atoms with van der Waals surface area (Å²) in [5.74, 6) is 0.313. The summed E-state index contributed by atoms with van der Waals surface area (Å²) in [4.78, 5) is 0. The zero-order chi connectivity index (χ0) is 14.6. The van der Waals surface area contributed by atoms with Crippen LogP contribution in [0.4, 0.5) is 0 Å². The van der Waals surface area contributed by atoms with E-state index in [1.807, 2.05) is 11.8 Å². The van der Waals surface area contributed by atoms with Gasteiger partial charge in [-0.05, 0) is 57.2 Å². The largest absolute Gasteiger partial charge is 0.330 e. The maximum Gasteiger partial charge on any atom is 0.279 e. The Kier molecular flexibility index (Phi) is 6.16. The predicted molar refractivity (Wildman–Crippen MR) is 85.0 cm³/mol. The molecule has 3 N–H and O–H groups in total. The van der Waals surface area contributed by atoms with E-state index in [2.05, 4.69) is 11.0 Å². The van der Waals surface area contributed by atoms with Crippen molar-refractivity contribution in [2.24, 2.45) is 11.7 Å². The van der Waals surface area contributed by atoms with Crippen LogP contribution >= 0.6 is 11.8 Å². The summed E-state index contributed by atoms with van der Waals surface area (Å²) in [6.07, 6.45) is 8.23. The molecule has 0 radical (unpaired) electrons. The van der Waals surface area contributed by atoms with E-state index in [9.17, 15) is 8.42 Å².